The quantitative estimate of drug-likeness (QED) is 0.772. The van der Waals surface area contributed by atoms with Gasteiger partial charge in [-0.3, -0.25) is 4.79 Å². The Hall–Kier alpha value is -1.44. The molecular formula is C18H21N3OS3. The van der Waals surface area contributed by atoms with Crippen LogP contribution in [0.3, 0.4) is 0 Å². The molecule has 132 valence electrons. The molecule has 0 aliphatic carbocycles. The molecular weight excluding hydrogens is 370 g/mol. The molecule has 2 heterocycles. The number of aromatic nitrogens is 1. The van der Waals surface area contributed by atoms with Crippen LogP contribution in [-0.2, 0) is 17.0 Å². The highest BCUT2D eigenvalue weighted by Crippen LogP contribution is 2.21. The molecule has 1 fully saturated rings. The van der Waals surface area contributed by atoms with Gasteiger partial charge in [-0.05, 0) is 31.9 Å². The van der Waals surface area contributed by atoms with Crippen LogP contribution in [0.1, 0.15) is 29.1 Å². The van der Waals surface area contributed by atoms with Crippen LogP contribution in [0.5, 0.6) is 0 Å². The van der Waals surface area contributed by atoms with E-state index in [0.29, 0.717) is 6.42 Å². The Morgan fingerprint density at radius 2 is 2.04 bits per heavy atom. The smallest absolute Gasteiger partial charge is 0.231 e. The number of thiazole rings is 1. The molecule has 0 bridgehead atoms. The van der Waals surface area contributed by atoms with Crippen LogP contribution in [0.4, 0.5) is 5.69 Å². The zero-order valence-corrected chi connectivity index (χ0v) is 16.6. The fraction of sp³-hybridized carbons (Fsp3) is 0.389. The summed E-state index contributed by atoms with van der Waals surface area (Å²) in [6, 6.07) is 7.79. The number of nitrogens with one attached hydrogen (secondary N) is 1. The summed E-state index contributed by atoms with van der Waals surface area (Å²) in [5.41, 5.74) is 2.99. The first-order valence-electron chi connectivity index (χ1n) is 8.31. The molecule has 2 aromatic rings. The van der Waals surface area contributed by atoms with Gasteiger partial charge in [-0.2, -0.15) is 0 Å². The van der Waals surface area contributed by atoms with E-state index in [1.807, 2.05) is 36.6 Å². The van der Waals surface area contributed by atoms with Gasteiger partial charge in [0.2, 0.25) is 5.91 Å². The molecule has 7 heteroatoms. The van der Waals surface area contributed by atoms with Crippen molar-refractivity contribution >= 4 is 51.2 Å². The third kappa shape index (κ3) is 5.52. The van der Waals surface area contributed by atoms with Gasteiger partial charge in [0.25, 0.3) is 0 Å². The molecule has 0 spiro atoms. The van der Waals surface area contributed by atoms with Crippen LogP contribution in [0, 0.1) is 6.92 Å². The summed E-state index contributed by atoms with van der Waals surface area (Å²) < 4.78 is 0.962. The minimum absolute atomic E-state index is 0.0370. The summed E-state index contributed by atoms with van der Waals surface area (Å²) in [6.45, 7) is 4.18. The van der Waals surface area contributed by atoms with Crippen molar-refractivity contribution in [2.24, 2.45) is 0 Å². The van der Waals surface area contributed by atoms with E-state index in [0.717, 1.165) is 39.6 Å². The van der Waals surface area contributed by atoms with Gasteiger partial charge in [0.1, 0.15) is 9.33 Å². The monoisotopic (exact) mass is 391 g/mol. The van der Waals surface area contributed by atoms with Crippen molar-refractivity contribution < 1.29 is 4.79 Å². The number of hydrogen-bond donors (Lipinski definition) is 1. The lowest BCUT2D eigenvalue weighted by Gasteiger charge is -2.16. The first kappa shape index (κ1) is 18.4. The predicted molar refractivity (Wildman–Crippen MR) is 110 cm³/mol. The second kappa shape index (κ2) is 8.78. The molecule has 1 aliphatic rings. The van der Waals surface area contributed by atoms with Crippen molar-refractivity contribution in [3.8, 4) is 0 Å². The lowest BCUT2D eigenvalue weighted by molar-refractivity contribution is -0.115. The summed E-state index contributed by atoms with van der Waals surface area (Å²) >= 11 is 8.67. The number of nitrogens with zero attached hydrogens (tertiary/aromatic N) is 2. The van der Waals surface area contributed by atoms with Gasteiger partial charge >= 0.3 is 0 Å². The van der Waals surface area contributed by atoms with E-state index in [4.69, 9.17) is 12.2 Å². The number of aryl methyl sites for hydroxylation is 1. The fourth-order valence-corrected chi connectivity index (χ4v) is 4.64. The lowest BCUT2D eigenvalue weighted by atomic mass is 10.2. The average Bonchev–Trinajstić information content (AvgIpc) is 3.26. The fourth-order valence-electron chi connectivity index (χ4n) is 2.60. The van der Waals surface area contributed by atoms with E-state index in [2.05, 4.69) is 15.2 Å². The number of thiocarbonyl (C=S) groups is 1. The summed E-state index contributed by atoms with van der Waals surface area (Å²) in [5.74, 6) is 0.732. The first-order chi connectivity index (χ1) is 12.1. The van der Waals surface area contributed by atoms with Crippen molar-refractivity contribution in [2.45, 2.75) is 31.9 Å². The van der Waals surface area contributed by atoms with Crippen molar-refractivity contribution in [1.82, 2.24) is 9.88 Å². The molecule has 0 saturated carbocycles. The largest absolute Gasteiger partial charge is 0.358 e. The highest BCUT2D eigenvalue weighted by Gasteiger charge is 2.16. The van der Waals surface area contributed by atoms with Crippen LogP contribution < -0.4 is 5.32 Å². The Morgan fingerprint density at radius 1 is 1.32 bits per heavy atom. The maximum Gasteiger partial charge on any atom is 0.231 e. The van der Waals surface area contributed by atoms with Gasteiger partial charge in [-0.1, -0.05) is 41.7 Å². The van der Waals surface area contributed by atoms with Crippen LogP contribution in [-0.4, -0.2) is 33.2 Å². The van der Waals surface area contributed by atoms with Crippen LogP contribution in [0.15, 0.2) is 29.6 Å². The van der Waals surface area contributed by atoms with E-state index >= 15 is 0 Å². The summed E-state index contributed by atoms with van der Waals surface area (Å²) in [5, 5.41) is 5.77. The summed E-state index contributed by atoms with van der Waals surface area (Å²) in [6.07, 6.45) is 2.77. The Kier molecular flexibility index (Phi) is 6.45. The minimum Gasteiger partial charge on any atom is -0.358 e. The van der Waals surface area contributed by atoms with Crippen molar-refractivity contribution in [2.75, 3.05) is 18.4 Å². The number of thioether (sulfide) groups is 1. The number of likely N-dealkylation sites (tertiary alicyclic amines) is 1. The first-order valence-corrected chi connectivity index (χ1v) is 10.6. The second-order valence-electron chi connectivity index (χ2n) is 6.07. The molecule has 25 heavy (non-hydrogen) atoms. The Morgan fingerprint density at radius 3 is 2.76 bits per heavy atom. The Labute approximate surface area is 162 Å². The number of benzene rings is 1. The zero-order valence-electron chi connectivity index (χ0n) is 14.2. The molecule has 0 unspecified atom stereocenters. The lowest BCUT2D eigenvalue weighted by Crippen LogP contribution is -2.23. The maximum atomic E-state index is 12.1. The highest BCUT2D eigenvalue weighted by molar-refractivity contribution is 8.22. The predicted octanol–water partition coefficient (Wildman–Crippen LogP) is 4.25. The van der Waals surface area contributed by atoms with Gasteiger partial charge in [0.15, 0.2) is 0 Å². The van der Waals surface area contributed by atoms with Gasteiger partial charge in [0.05, 0.1) is 12.1 Å². The molecule has 1 N–H and O–H groups in total. The molecule has 1 aromatic heterocycles. The van der Waals surface area contributed by atoms with Crippen molar-refractivity contribution in [1.29, 1.82) is 0 Å². The molecule has 1 amide bonds. The van der Waals surface area contributed by atoms with Crippen LogP contribution in [0.25, 0.3) is 0 Å². The SMILES string of the molecule is Cc1ccc(NC(=O)Cc2nc(CSC(=S)N3CCCC3)cs2)cc1. The van der Waals surface area contributed by atoms with Crippen molar-refractivity contribution in [3.63, 3.8) is 0 Å². The number of carbonyl (C=O) groups is 1. The van der Waals surface area contributed by atoms with Gasteiger partial charge in [0, 0.05) is 29.9 Å². The standard InChI is InChI=1S/C18H21N3OS3/c1-13-4-6-14(7-5-13)19-16(22)10-17-20-15(11-24-17)12-25-18(23)21-8-2-3-9-21/h4-7,11H,2-3,8-10,12H2,1H3,(H,19,22). The van der Waals surface area contributed by atoms with E-state index in [9.17, 15) is 4.79 Å². The number of hydrogen-bond acceptors (Lipinski definition) is 5. The molecule has 1 aliphatic heterocycles. The van der Waals surface area contributed by atoms with Crippen molar-refractivity contribution in [3.05, 3.63) is 45.9 Å². The summed E-state index contributed by atoms with van der Waals surface area (Å²) in [7, 11) is 0. The van der Waals surface area contributed by atoms with Gasteiger partial charge in [-0.25, -0.2) is 4.98 Å². The molecule has 0 atom stereocenters. The molecule has 1 aromatic carbocycles. The number of amides is 1. The van der Waals surface area contributed by atoms with Gasteiger partial charge < -0.3 is 10.2 Å². The number of rotatable bonds is 5. The van der Waals surface area contributed by atoms with E-state index in [-0.39, 0.29) is 5.91 Å². The second-order valence-corrected chi connectivity index (χ2v) is 8.62. The Bertz CT molecular complexity index is 736. The van der Waals surface area contributed by atoms with E-state index < -0.39 is 0 Å². The zero-order chi connectivity index (χ0) is 17.6. The topological polar surface area (TPSA) is 45.2 Å². The highest BCUT2D eigenvalue weighted by atomic mass is 32.2. The molecule has 3 rings (SSSR count). The summed E-state index contributed by atoms with van der Waals surface area (Å²) in [4.78, 5) is 19.0. The number of anilines is 1. The van der Waals surface area contributed by atoms with Crippen LogP contribution in [0.2, 0.25) is 0 Å². The molecule has 4 nitrogen and oxygen atoms in total. The van der Waals surface area contributed by atoms with Crippen LogP contribution >= 0.6 is 35.3 Å². The normalized spacial score (nSPS) is 13.9. The third-order valence-electron chi connectivity index (χ3n) is 3.95. The molecule has 0 radical (unpaired) electrons. The van der Waals surface area contributed by atoms with E-state index in [1.165, 1.54) is 29.7 Å². The van der Waals surface area contributed by atoms with E-state index in [1.54, 1.807) is 11.8 Å². The molecule has 1 saturated heterocycles. The minimum atomic E-state index is -0.0370. The Balaban J connectivity index is 1.46. The number of carbonyl (C=O) groups excluding carboxylic acids is 1. The third-order valence-corrected chi connectivity index (χ3v) is 6.41. The average molecular weight is 392 g/mol. The van der Waals surface area contributed by atoms with Gasteiger partial charge in [-0.15, -0.1) is 11.3 Å². The maximum absolute atomic E-state index is 12.1.